The quantitative estimate of drug-likeness (QED) is 0.755. The minimum absolute atomic E-state index is 0.00206. The number of carboxylic acid groups (broad SMARTS) is 1. The Hall–Kier alpha value is -1.26. The van der Waals surface area contributed by atoms with Crippen LogP contribution in [0.5, 0.6) is 0 Å². The summed E-state index contributed by atoms with van der Waals surface area (Å²) >= 11 is 0. The van der Waals surface area contributed by atoms with E-state index in [0.29, 0.717) is 24.8 Å². The highest BCUT2D eigenvalue weighted by molar-refractivity contribution is 5.74. The van der Waals surface area contributed by atoms with E-state index < -0.39 is 5.97 Å². The number of carbonyl (C=O) groups excluding carboxylic acids is 1. The number of amides is 2. The maximum absolute atomic E-state index is 12.2. The van der Waals surface area contributed by atoms with Crippen molar-refractivity contribution in [1.82, 2.24) is 10.2 Å². The number of nitrogens with zero attached hydrogens (tertiary/aromatic N) is 1. The zero-order chi connectivity index (χ0) is 15.1. The highest BCUT2D eigenvalue weighted by atomic mass is 16.4. The third-order valence-corrected chi connectivity index (χ3v) is 4.45. The highest BCUT2D eigenvalue weighted by Gasteiger charge is 2.27. The predicted octanol–water partition coefficient (Wildman–Crippen LogP) is 2.71. The number of hydrogen-bond donors (Lipinski definition) is 2. The van der Waals surface area contributed by atoms with Gasteiger partial charge in [-0.2, -0.15) is 0 Å². The topological polar surface area (TPSA) is 69.6 Å². The molecule has 1 heterocycles. The van der Waals surface area contributed by atoms with Crippen molar-refractivity contribution in [2.45, 2.75) is 58.9 Å². The monoisotopic (exact) mass is 284 g/mol. The molecule has 0 aliphatic carbocycles. The van der Waals surface area contributed by atoms with E-state index >= 15 is 0 Å². The Morgan fingerprint density at radius 2 is 2.00 bits per heavy atom. The second-order valence-electron chi connectivity index (χ2n) is 5.85. The fourth-order valence-corrected chi connectivity index (χ4v) is 2.98. The SMILES string of the molecule is CCC(CC)C(C)NC(=O)N1CCC(CCC(=O)O)C1. The highest BCUT2D eigenvalue weighted by Crippen LogP contribution is 2.21. The van der Waals surface area contributed by atoms with Crippen LogP contribution in [0.15, 0.2) is 0 Å². The fourth-order valence-electron chi connectivity index (χ4n) is 2.98. The van der Waals surface area contributed by atoms with Crippen LogP contribution < -0.4 is 5.32 Å². The van der Waals surface area contributed by atoms with E-state index in [4.69, 9.17) is 5.11 Å². The Labute approximate surface area is 121 Å². The Bertz CT molecular complexity index is 329. The molecule has 1 aliphatic heterocycles. The minimum atomic E-state index is -0.754. The molecular weight excluding hydrogens is 256 g/mol. The van der Waals surface area contributed by atoms with E-state index in [1.165, 1.54) is 0 Å². The summed E-state index contributed by atoms with van der Waals surface area (Å²) in [6.07, 6.45) is 3.92. The summed E-state index contributed by atoms with van der Waals surface area (Å²) in [5, 5.41) is 11.8. The van der Waals surface area contributed by atoms with Gasteiger partial charge in [-0.05, 0) is 31.6 Å². The molecule has 2 N–H and O–H groups in total. The van der Waals surface area contributed by atoms with Crippen LogP contribution in [0.3, 0.4) is 0 Å². The van der Waals surface area contributed by atoms with Crippen molar-refractivity contribution in [3.8, 4) is 0 Å². The molecule has 0 spiro atoms. The predicted molar refractivity (Wildman–Crippen MR) is 78.6 cm³/mol. The van der Waals surface area contributed by atoms with E-state index in [2.05, 4.69) is 26.1 Å². The number of rotatable bonds is 7. The van der Waals surface area contributed by atoms with Gasteiger partial charge in [0.05, 0.1) is 0 Å². The normalized spacial score (nSPS) is 20.2. The number of urea groups is 1. The summed E-state index contributed by atoms with van der Waals surface area (Å²) in [4.78, 5) is 24.6. The van der Waals surface area contributed by atoms with Crippen LogP contribution in [0.2, 0.25) is 0 Å². The lowest BCUT2D eigenvalue weighted by molar-refractivity contribution is -0.137. The first kappa shape index (κ1) is 16.8. The van der Waals surface area contributed by atoms with Crippen LogP contribution in [-0.2, 0) is 4.79 Å². The Kier molecular flexibility index (Phi) is 6.82. The lowest BCUT2D eigenvalue weighted by atomic mass is 9.96. The molecule has 0 aromatic heterocycles. The number of carbonyl (C=O) groups is 2. The first-order chi connectivity index (χ1) is 9.47. The third kappa shape index (κ3) is 5.02. The van der Waals surface area contributed by atoms with Crippen molar-refractivity contribution in [2.75, 3.05) is 13.1 Å². The maximum Gasteiger partial charge on any atom is 0.317 e. The molecule has 0 saturated carbocycles. The van der Waals surface area contributed by atoms with Gasteiger partial charge in [0.1, 0.15) is 0 Å². The minimum Gasteiger partial charge on any atom is -0.481 e. The Morgan fingerprint density at radius 3 is 2.55 bits per heavy atom. The van der Waals surface area contributed by atoms with Gasteiger partial charge in [0, 0.05) is 25.6 Å². The molecular formula is C15H28N2O3. The van der Waals surface area contributed by atoms with Crippen LogP contribution in [0.1, 0.15) is 52.9 Å². The average Bonchev–Trinajstić information content (AvgIpc) is 2.86. The summed E-state index contributed by atoms with van der Waals surface area (Å²) in [6.45, 7) is 7.79. The summed E-state index contributed by atoms with van der Waals surface area (Å²) in [5.74, 6) is 0.0971. The Morgan fingerprint density at radius 1 is 1.35 bits per heavy atom. The summed E-state index contributed by atoms with van der Waals surface area (Å²) < 4.78 is 0. The number of likely N-dealkylation sites (tertiary alicyclic amines) is 1. The molecule has 0 aromatic carbocycles. The van der Waals surface area contributed by atoms with Crippen molar-refractivity contribution >= 4 is 12.0 Å². The van der Waals surface area contributed by atoms with E-state index in [-0.39, 0.29) is 18.5 Å². The zero-order valence-corrected chi connectivity index (χ0v) is 12.9. The fraction of sp³-hybridized carbons (Fsp3) is 0.867. The molecule has 0 radical (unpaired) electrons. The molecule has 2 amide bonds. The van der Waals surface area contributed by atoms with Crippen molar-refractivity contribution in [3.63, 3.8) is 0 Å². The zero-order valence-electron chi connectivity index (χ0n) is 12.9. The largest absolute Gasteiger partial charge is 0.481 e. The van der Waals surface area contributed by atoms with Crippen molar-refractivity contribution in [1.29, 1.82) is 0 Å². The van der Waals surface area contributed by atoms with Gasteiger partial charge < -0.3 is 15.3 Å². The van der Waals surface area contributed by atoms with Gasteiger partial charge in [0.25, 0.3) is 0 Å². The second kappa shape index (κ2) is 8.12. The van der Waals surface area contributed by atoms with Crippen LogP contribution in [0.4, 0.5) is 4.79 Å². The number of hydrogen-bond acceptors (Lipinski definition) is 2. The lowest BCUT2D eigenvalue weighted by Crippen LogP contribution is -2.45. The molecule has 5 nitrogen and oxygen atoms in total. The summed E-state index contributed by atoms with van der Waals surface area (Å²) in [6, 6.07) is 0.192. The van der Waals surface area contributed by atoms with E-state index in [1.807, 2.05) is 4.90 Å². The van der Waals surface area contributed by atoms with E-state index in [1.54, 1.807) is 0 Å². The molecule has 1 fully saturated rings. The first-order valence-corrected chi connectivity index (χ1v) is 7.75. The van der Waals surface area contributed by atoms with Gasteiger partial charge in [-0.15, -0.1) is 0 Å². The number of aliphatic carboxylic acids is 1. The van der Waals surface area contributed by atoms with Gasteiger partial charge in [0.15, 0.2) is 0 Å². The second-order valence-corrected chi connectivity index (χ2v) is 5.85. The van der Waals surface area contributed by atoms with Crippen LogP contribution in [0.25, 0.3) is 0 Å². The van der Waals surface area contributed by atoms with Gasteiger partial charge >= 0.3 is 12.0 Å². The third-order valence-electron chi connectivity index (χ3n) is 4.45. The molecule has 0 bridgehead atoms. The summed E-state index contributed by atoms with van der Waals surface area (Å²) in [5.41, 5.74) is 0. The van der Waals surface area contributed by atoms with Crippen molar-refractivity contribution < 1.29 is 14.7 Å². The smallest absolute Gasteiger partial charge is 0.317 e. The number of carboxylic acids is 1. The summed E-state index contributed by atoms with van der Waals surface area (Å²) in [7, 11) is 0. The molecule has 5 heteroatoms. The van der Waals surface area contributed by atoms with E-state index in [0.717, 1.165) is 25.8 Å². The van der Waals surface area contributed by atoms with Gasteiger partial charge in [-0.25, -0.2) is 4.79 Å². The molecule has 2 unspecified atom stereocenters. The Balaban J connectivity index is 2.36. The standard InChI is InChI=1S/C15H28N2O3/c1-4-13(5-2)11(3)16-15(20)17-9-8-12(10-17)6-7-14(18)19/h11-13H,4-10H2,1-3H3,(H,16,20)(H,18,19). The number of nitrogens with one attached hydrogen (secondary N) is 1. The van der Waals surface area contributed by atoms with Crippen LogP contribution in [-0.4, -0.2) is 41.1 Å². The molecule has 1 aliphatic rings. The molecule has 0 aromatic rings. The molecule has 116 valence electrons. The van der Waals surface area contributed by atoms with Crippen molar-refractivity contribution in [3.05, 3.63) is 0 Å². The molecule has 2 atom stereocenters. The molecule has 20 heavy (non-hydrogen) atoms. The van der Waals surface area contributed by atoms with Gasteiger partial charge in [0.2, 0.25) is 0 Å². The molecule has 1 rings (SSSR count). The van der Waals surface area contributed by atoms with Gasteiger partial charge in [-0.3, -0.25) is 4.79 Å². The maximum atomic E-state index is 12.2. The van der Waals surface area contributed by atoms with Gasteiger partial charge in [-0.1, -0.05) is 26.7 Å². The first-order valence-electron chi connectivity index (χ1n) is 7.75. The van der Waals surface area contributed by atoms with Crippen molar-refractivity contribution in [2.24, 2.45) is 11.8 Å². The van der Waals surface area contributed by atoms with Crippen LogP contribution in [0, 0.1) is 11.8 Å². The van der Waals surface area contributed by atoms with E-state index in [9.17, 15) is 9.59 Å². The average molecular weight is 284 g/mol. The lowest BCUT2D eigenvalue weighted by Gasteiger charge is -2.26. The molecule has 1 saturated heterocycles. The van der Waals surface area contributed by atoms with Crippen LogP contribution >= 0.6 is 0 Å².